The minimum Gasteiger partial charge on any atom is -0.344 e. The third-order valence-electron chi connectivity index (χ3n) is 5.19. The van der Waals surface area contributed by atoms with E-state index in [0.717, 1.165) is 14.8 Å². The predicted molar refractivity (Wildman–Crippen MR) is 122 cm³/mol. The standard InChI is InChI=1S/C25H21FN4O3/c1-17(19-12-6-3-7-13-19)27-23(31)22-24(32)29(16-18-10-4-2-5-11-18)25(33)30(28-22)21-15-9-8-14-20(21)26/h2-15,17H,16H2,1H3,(H,27,31)/t17-/m0/s1. The van der Waals surface area contributed by atoms with Crippen LogP contribution in [0.3, 0.4) is 0 Å². The van der Waals surface area contributed by atoms with Gasteiger partial charge < -0.3 is 5.32 Å². The van der Waals surface area contributed by atoms with Crippen molar-refractivity contribution in [3.63, 3.8) is 0 Å². The van der Waals surface area contributed by atoms with Crippen LogP contribution in [-0.2, 0) is 6.54 Å². The van der Waals surface area contributed by atoms with Gasteiger partial charge in [0.2, 0.25) is 5.69 Å². The number of para-hydroxylation sites is 1. The Kier molecular flexibility index (Phi) is 6.26. The molecule has 33 heavy (non-hydrogen) atoms. The summed E-state index contributed by atoms with van der Waals surface area (Å²) >= 11 is 0. The second kappa shape index (κ2) is 9.44. The van der Waals surface area contributed by atoms with Crippen molar-refractivity contribution < 1.29 is 9.18 Å². The first-order valence-electron chi connectivity index (χ1n) is 10.3. The average Bonchev–Trinajstić information content (AvgIpc) is 2.83. The highest BCUT2D eigenvalue weighted by Crippen LogP contribution is 2.12. The van der Waals surface area contributed by atoms with Gasteiger partial charge >= 0.3 is 5.69 Å². The van der Waals surface area contributed by atoms with E-state index in [9.17, 15) is 18.8 Å². The molecule has 1 amide bonds. The highest BCUT2D eigenvalue weighted by Gasteiger charge is 2.23. The normalized spacial score (nSPS) is 11.7. The van der Waals surface area contributed by atoms with Crippen LogP contribution in [0.1, 0.15) is 34.6 Å². The van der Waals surface area contributed by atoms with Crippen molar-refractivity contribution in [2.75, 3.05) is 0 Å². The van der Waals surface area contributed by atoms with Gasteiger partial charge in [-0.05, 0) is 30.2 Å². The fourth-order valence-electron chi connectivity index (χ4n) is 3.43. The van der Waals surface area contributed by atoms with E-state index in [2.05, 4.69) is 10.4 Å². The monoisotopic (exact) mass is 444 g/mol. The zero-order valence-electron chi connectivity index (χ0n) is 17.8. The zero-order valence-corrected chi connectivity index (χ0v) is 17.8. The Bertz CT molecular complexity index is 1400. The van der Waals surface area contributed by atoms with Crippen molar-refractivity contribution in [3.05, 3.63) is 128 Å². The maximum atomic E-state index is 14.5. The lowest BCUT2D eigenvalue weighted by atomic mass is 10.1. The Balaban J connectivity index is 1.82. The average molecular weight is 444 g/mol. The van der Waals surface area contributed by atoms with Gasteiger partial charge in [0, 0.05) is 0 Å². The van der Waals surface area contributed by atoms with Gasteiger partial charge in [0.1, 0.15) is 11.5 Å². The van der Waals surface area contributed by atoms with Crippen LogP contribution < -0.4 is 16.6 Å². The van der Waals surface area contributed by atoms with Crippen molar-refractivity contribution in [3.8, 4) is 5.69 Å². The molecule has 0 bridgehead atoms. The molecule has 0 fully saturated rings. The maximum absolute atomic E-state index is 14.5. The van der Waals surface area contributed by atoms with Crippen molar-refractivity contribution in [1.82, 2.24) is 19.7 Å². The van der Waals surface area contributed by atoms with Crippen LogP contribution in [0.5, 0.6) is 0 Å². The minimum absolute atomic E-state index is 0.0933. The van der Waals surface area contributed by atoms with Gasteiger partial charge in [0.25, 0.3) is 11.5 Å². The number of carbonyl (C=O) groups excluding carboxylic acids is 1. The minimum atomic E-state index is -0.853. The highest BCUT2D eigenvalue weighted by molar-refractivity contribution is 5.92. The molecule has 1 N–H and O–H groups in total. The van der Waals surface area contributed by atoms with Gasteiger partial charge in [0.15, 0.2) is 0 Å². The van der Waals surface area contributed by atoms with Crippen LogP contribution in [0.25, 0.3) is 5.69 Å². The van der Waals surface area contributed by atoms with E-state index in [4.69, 9.17) is 0 Å². The summed E-state index contributed by atoms with van der Waals surface area (Å²) in [4.78, 5) is 39.3. The summed E-state index contributed by atoms with van der Waals surface area (Å²) in [7, 11) is 0. The lowest BCUT2D eigenvalue weighted by molar-refractivity contribution is 0.0930. The molecule has 4 rings (SSSR count). The molecule has 0 aliphatic heterocycles. The fraction of sp³-hybridized carbons (Fsp3) is 0.120. The van der Waals surface area contributed by atoms with Gasteiger partial charge in [-0.15, -0.1) is 0 Å². The first-order chi connectivity index (χ1) is 16.0. The van der Waals surface area contributed by atoms with Crippen molar-refractivity contribution >= 4 is 5.91 Å². The second-order valence-corrected chi connectivity index (χ2v) is 7.48. The number of halogens is 1. The Morgan fingerprint density at radius 2 is 1.55 bits per heavy atom. The van der Waals surface area contributed by atoms with Crippen molar-refractivity contribution in [2.24, 2.45) is 0 Å². The van der Waals surface area contributed by atoms with Crippen LogP contribution in [0.4, 0.5) is 4.39 Å². The molecule has 8 heteroatoms. The van der Waals surface area contributed by atoms with E-state index in [1.807, 2.05) is 30.3 Å². The zero-order chi connectivity index (χ0) is 23.4. The molecule has 4 aromatic rings. The molecular weight excluding hydrogens is 423 g/mol. The third-order valence-corrected chi connectivity index (χ3v) is 5.19. The number of hydrogen-bond donors (Lipinski definition) is 1. The second-order valence-electron chi connectivity index (χ2n) is 7.48. The van der Waals surface area contributed by atoms with E-state index in [1.165, 1.54) is 24.3 Å². The maximum Gasteiger partial charge on any atom is 0.352 e. The number of aromatic nitrogens is 3. The van der Waals surface area contributed by atoms with Crippen LogP contribution in [0.15, 0.2) is 94.5 Å². The Hall–Kier alpha value is -4.33. The number of nitrogens with one attached hydrogen (secondary N) is 1. The summed E-state index contributed by atoms with van der Waals surface area (Å²) in [5.74, 6) is -1.47. The molecular formula is C25H21FN4O3. The Labute approximate surface area is 188 Å². The SMILES string of the molecule is C[C@H](NC(=O)c1nn(-c2ccccc2F)c(=O)n(Cc2ccccc2)c1=O)c1ccccc1. The molecule has 0 radical (unpaired) electrons. The van der Waals surface area contributed by atoms with Gasteiger partial charge in [-0.3, -0.25) is 14.2 Å². The summed E-state index contributed by atoms with van der Waals surface area (Å²) in [6.07, 6.45) is 0. The Morgan fingerprint density at radius 3 is 2.21 bits per heavy atom. The van der Waals surface area contributed by atoms with Crippen molar-refractivity contribution in [2.45, 2.75) is 19.5 Å². The van der Waals surface area contributed by atoms with E-state index in [0.29, 0.717) is 5.56 Å². The molecule has 0 unspecified atom stereocenters. The first kappa shape index (κ1) is 21.9. The quantitative estimate of drug-likeness (QED) is 0.495. The van der Waals surface area contributed by atoms with Crippen LogP contribution in [0.2, 0.25) is 0 Å². The summed E-state index contributed by atoms with van der Waals surface area (Å²) in [6, 6.07) is 23.2. The topological polar surface area (TPSA) is 86.0 Å². The largest absolute Gasteiger partial charge is 0.352 e. The van der Waals surface area contributed by atoms with Crippen LogP contribution in [0, 0.1) is 5.82 Å². The van der Waals surface area contributed by atoms with Crippen LogP contribution >= 0.6 is 0 Å². The number of nitrogens with zero attached hydrogens (tertiary/aromatic N) is 3. The van der Waals surface area contributed by atoms with Gasteiger partial charge in [0.05, 0.1) is 12.6 Å². The molecule has 3 aromatic carbocycles. The van der Waals surface area contributed by atoms with Crippen molar-refractivity contribution in [1.29, 1.82) is 0 Å². The lowest BCUT2D eigenvalue weighted by Crippen LogP contribution is -2.46. The predicted octanol–water partition coefficient (Wildman–Crippen LogP) is 3.07. The number of hydrogen-bond acceptors (Lipinski definition) is 4. The molecule has 1 heterocycles. The number of benzene rings is 3. The van der Waals surface area contributed by atoms with Gasteiger partial charge in [-0.1, -0.05) is 72.8 Å². The van der Waals surface area contributed by atoms with Gasteiger partial charge in [-0.25, -0.2) is 9.18 Å². The molecule has 1 aromatic heterocycles. The smallest absolute Gasteiger partial charge is 0.344 e. The number of amides is 1. The number of rotatable bonds is 6. The molecule has 7 nitrogen and oxygen atoms in total. The van der Waals surface area contributed by atoms with E-state index < -0.39 is 34.7 Å². The van der Waals surface area contributed by atoms with E-state index >= 15 is 0 Å². The molecule has 1 atom stereocenters. The van der Waals surface area contributed by atoms with E-state index in [1.54, 1.807) is 37.3 Å². The molecule has 0 saturated carbocycles. The fourth-order valence-corrected chi connectivity index (χ4v) is 3.43. The molecule has 166 valence electrons. The summed E-state index contributed by atoms with van der Waals surface area (Å²) in [5, 5.41) is 6.70. The third kappa shape index (κ3) is 4.64. The van der Waals surface area contributed by atoms with Crippen LogP contribution in [-0.4, -0.2) is 20.3 Å². The van der Waals surface area contributed by atoms with E-state index in [-0.39, 0.29) is 12.2 Å². The summed E-state index contributed by atoms with van der Waals surface area (Å²) < 4.78 is 16.1. The Morgan fingerprint density at radius 1 is 0.939 bits per heavy atom. The summed E-state index contributed by atoms with van der Waals surface area (Å²) in [5.41, 5.74) is -0.855. The highest BCUT2D eigenvalue weighted by atomic mass is 19.1. The molecule has 0 aliphatic carbocycles. The van der Waals surface area contributed by atoms with Gasteiger partial charge in [-0.2, -0.15) is 9.78 Å². The molecule has 0 spiro atoms. The number of carbonyl (C=O) groups is 1. The first-order valence-corrected chi connectivity index (χ1v) is 10.3. The summed E-state index contributed by atoms with van der Waals surface area (Å²) in [6.45, 7) is 1.67. The molecule has 0 saturated heterocycles. The lowest BCUT2D eigenvalue weighted by Gasteiger charge is -2.16. The molecule has 0 aliphatic rings.